The Morgan fingerprint density at radius 1 is 0.733 bits per heavy atom. The lowest BCUT2D eigenvalue weighted by molar-refractivity contribution is -0.134. The molecular weight excluding hydrogens is 424 g/mol. The van der Waals surface area contributed by atoms with E-state index in [1.54, 1.807) is 28.4 Å². The molecule has 0 rings (SSSR count). The molecule has 0 fully saturated rings. The van der Waals surface area contributed by atoms with Crippen LogP contribution in [0.3, 0.4) is 0 Å². The number of hydrogen-bond acceptors (Lipinski definition) is 6. The molecule has 0 aliphatic carbocycles. The zero-order chi connectivity index (χ0) is 22.9. The molecule has 3 N–H and O–H groups in total. The molecule has 0 aromatic rings. The summed E-state index contributed by atoms with van der Waals surface area (Å²) in [6.07, 6.45) is 0.220. The molecule has 0 saturated carbocycles. The second-order valence-corrected chi connectivity index (χ2v) is 10.4. The van der Waals surface area contributed by atoms with Gasteiger partial charge >= 0.3 is 0 Å². The Bertz CT molecular complexity index is 515. The van der Waals surface area contributed by atoms with E-state index in [-0.39, 0.29) is 36.5 Å². The van der Waals surface area contributed by atoms with Gasteiger partial charge in [-0.25, -0.2) is 0 Å². The highest BCUT2D eigenvalue weighted by atomic mass is 32.2. The molecule has 0 spiro atoms. The van der Waals surface area contributed by atoms with Crippen molar-refractivity contribution < 1.29 is 19.2 Å². The fourth-order valence-electron chi connectivity index (χ4n) is 2.27. The van der Waals surface area contributed by atoms with Gasteiger partial charge in [-0.3, -0.25) is 19.2 Å². The van der Waals surface area contributed by atoms with Gasteiger partial charge in [0.25, 0.3) is 0 Å². The highest BCUT2D eigenvalue weighted by Gasteiger charge is 2.16. The minimum atomic E-state index is -0.169. The molecule has 0 atom stereocenters. The number of rotatable bonds is 16. The van der Waals surface area contributed by atoms with Gasteiger partial charge < -0.3 is 20.9 Å². The highest BCUT2D eigenvalue weighted by molar-refractivity contribution is 8.00. The second kappa shape index (κ2) is 17.3. The number of thioether (sulfide) groups is 2. The summed E-state index contributed by atoms with van der Waals surface area (Å²) >= 11 is 3.12. The lowest BCUT2D eigenvalue weighted by Crippen LogP contribution is -2.43. The largest absolute Gasteiger partial charge is 0.356 e. The minimum Gasteiger partial charge on any atom is -0.356 e. The molecule has 174 valence electrons. The van der Waals surface area contributed by atoms with E-state index in [9.17, 15) is 19.2 Å². The van der Waals surface area contributed by atoms with Crippen LogP contribution < -0.4 is 16.0 Å². The predicted octanol–water partition coefficient (Wildman–Crippen LogP) is 1.25. The molecule has 0 bridgehead atoms. The Morgan fingerprint density at radius 3 is 1.60 bits per heavy atom. The van der Waals surface area contributed by atoms with E-state index in [1.807, 2.05) is 34.6 Å². The van der Waals surface area contributed by atoms with E-state index < -0.39 is 0 Å². The van der Waals surface area contributed by atoms with E-state index in [0.717, 1.165) is 0 Å². The van der Waals surface area contributed by atoms with Crippen LogP contribution in [0, 0.1) is 0 Å². The molecule has 0 radical (unpaired) electrons. The molecular formula is C20H38N4O4S2. The first-order valence-electron chi connectivity index (χ1n) is 10.5. The van der Waals surface area contributed by atoms with Gasteiger partial charge in [-0.1, -0.05) is 27.7 Å². The van der Waals surface area contributed by atoms with E-state index in [0.29, 0.717) is 54.7 Å². The first-order chi connectivity index (χ1) is 14.1. The van der Waals surface area contributed by atoms with Gasteiger partial charge in [0, 0.05) is 45.6 Å². The fraction of sp³-hybridized carbons (Fsp3) is 0.800. The molecule has 10 heteroatoms. The summed E-state index contributed by atoms with van der Waals surface area (Å²) < 4.78 is 0. The smallest absolute Gasteiger partial charge is 0.230 e. The van der Waals surface area contributed by atoms with E-state index >= 15 is 0 Å². The Kier molecular flexibility index (Phi) is 16.5. The number of nitrogens with zero attached hydrogens (tertiary/aromatic N) is 1. The van der Waals surface area contributed by atoms with Crippen molar-refractivity contribution in [3.8, 4) is 0 Å². The Labute approximate surface area is 189 Å². The van der Waals surface area contributed by atoms with Crippen molar-refractivity contribution in [1.82, 2.24) is 20.9 Å². The molecule has 0 aromatic carbocycles. The van der Waals surface area contributed by atoms with Crippen LogP contribution in [0.4, 0.5) is 0 Å². The van der Waals surface area contributed by atoms with Crippen molar-refractivity contribution in [3.05, 3.63) is 0 Å². The minimum absolute atomic E-state index is 0.0672. The van der Waals surface area contributed by atoms with Crippen molar-refractivity contribution in [1.29, 1.82) is 0 Å². The van der Waals surface area contributed by atoms with Crippen LogP contribution in [0.2, 0.25) is 0 Å². The lowest BCUT2D eigenvalue weighted by Gasteiger charge is -2.23. The molecule has 0 saturated heterocycles. The predicted molar refractivity (Wildman–Crippen MR) is 126 cm³/mol. The van der Waals surface area contributed by atoms with E-state index in [1.165, 1.54) is 0 Å². The molecule has 4 amide bonds. The first-order valence-corrected chi connectivity index (χ1v) is 12.6. The molecule has 0 heterocycles. The normalized spacial score (nSPS) is 10.8. The third kappa shape index (κ3) is 16.4. The van der Waals surface area contributed by atoms with Gasteiger partial charge in [-0.05, 0) is 17.4 Å². The van der Waals surface area contributed by atoms with Crippen LogP contribution in [0.1, 0.15) is 47.5 Å². The SMILES string of the molecule is CCNC(=O)CCC(=O)N(CCNC(=O)CSC(C)C)CCNC(=O)CSC(C)C. The second-order valence-electron chi connectivity index (χ2n) is 7.25. The topological polar surface area (TPSA) is 108 Å². The zero-order valence-electron chi connectivity index (χ0n) is 18.9. The van der Waals surface area contributed by atoms with Gasteiger partial charge in [0.1, 0.15) is 0 Å². The number of carbonyl (C=O) groups excluding carboxylic acids is 4. The van der Waals surface area contributed by atoms with Gasteiger partial charge in [0.15, 0.2) is 0 Å². The van der Waals surface area contributed by atoms with Gasteiger partial charge in [-0.15, -0.1) is 23.5 Å². The van der Waals surface area contributed by atoms with Crippen LogP contribution in [-0.2, 0) is 19.2 Å². The number of amides is 4. The van der Waals surface area contributed by atoms with Gasteiger partial charge in [0.2, 0.25) is 23.6 Å². The Balaban J connectivity index is 4.52. The highest BCUT2D eigenvalue weighted by Crippen LogP contribution is 2.08. The van der Waals surface area contributed by atoms with Crippen molar-refractivity contribution in [2.75, 3.05) is 44.2 Å². The summed E-state index contributed by atoms with van der Waals surface area (Å²) in [5.74, 6) is 0.297. The molecule has 0 aliphatic rings. The number of hydrogen-bond donors (Lipinski definition) is 3. The maximum absolute atomic E-state index is 12.5. The standard InChI is InChI=1S/C20H38N4O4S2/c1-6-21-17(25)7-8-20(28)24(11-9-22-18(26)13-29-15(2)3)12-10-23-19(27)14-30-16(4)5/h15-16H,6-14H2,1-5H3,(H,21,25)(H,22,26)(H,23,27). The summed E-state index contributed by atoms with van der Waals surface area (Å²) in [5.41, 5.74) is 0. The molecule has 0 unspecified atom stereocenters. The summed E-state index contributed by atoms with van der Waals surface area (Å²) in [6, 6.07) is 0. The summed E-state index contributed by atoms with van der Waals surface area (Å²) in [7, 11) is 0. The number of nitrogens with one attached hydrogen (secondary N) is 3. The molecule has 0 aliphatic heterocycles. The first kappa shape index (κ1) is 28.6. The average Bonchev–Trinajstić information content (AvgIpc) is 2.67. The molecule has 8 nitrogen and oxygen atoms in total. The summed E-state index contributed by atoms with van der Waals surface area (Å²) in [5, 5.41) is 9.06. The van der Waals surface area contributed by atoms with Crippen molar-refractivity contribution in [2.24, 2.45) is 0 Å². The van der Waals surface area contributed by atoms with Crippen LogP contribution in [-0.4, -0.2) is 83.3 Å². The summed E-state index contributed by atoms with van der Waals surface area (Å²) in [4.78, 5) is 49.5. The van der Waals surface area contributed by atoms with E-state index in [4.69, 9.17) is 0 Å². The monoisotopic (exact) mass is 462 g/mol. The third-order valence-corrected chi connectivity index (χ3v) is 5.99. The van der Waals surface area contributed by atoms with Gasteiger partial charge in [-0.2, -0.15) is 0 Å². The zero-order valence-corrected chi connectivity index (χ0v) is 20.5. The summed E-state index contributed by atoms with van der Waals surface area (Å²) in [6.45, 7) is 11.8. The fourth-order valence-corrected chi connectivity index (χ4v) is 3.45. The van der Waals surface area contributed by atoms with Crippen LogP contribution in [0.25, 0.3) is 0 Å². The quantitative estimate of drug-likeness (QED) is 0.319. The van der Waals surface area contributed by atoms with Crippen LogP contribution in [0.5, 0.6) is 0 Å². The average molecular weight is 463 g/mol. The number of carbonyl (C=O) groups is 4. The van der Waals surface area contributed by atoms with Crippen LogP contribution in [0.15, 0.2) is 0 Å². The van der Waals surface area contributed by atoms with Crippen LogP contribution >= 0.6 is 23.5 Å². The molecule has 30 heavy (non-hydrogen) atoms. The van der Waals surface area contributed by atoms with Gasteiger partial charge in [0.05, 0.1) is 11.5 Å². The Morgan fingerprint density at radius 2 is 1.20 bits per heavy atom. The van der Waals surface area contributed by atoms with Crippen molar-refractivity contribution in [3.63, 3.8) is 0 Å². The van der Waals surface area contributed by atoms with Crippen molar-refractivity contribution in [2.45, 2.75) is 58.0 Å². The lowest BCUT2D eigenvalue weighted by atomic mass is 10.2. The maximum atomic E-state index is 12.5. The van der Waals surface area contributed by atoms with Crippen molar-refractivity contribution >= 4 is 47.2 Å². The third-order valence-electron chi connectivity index (χ3n) is 3.80. The van der Waals surface area contributed by atoms with E-state index in [2.05, 4.69) is 16.0 Å². The molecule has 0 aromatic heterocycles. The Hall–Kier alpha value is -1.42. The maximum Gasteiger partial charge on any atom is 0.230 e.